The van der Waals surface area contributed by atoms with Gasteiger partial charge >= 0.3 is 12.1 Å². The fourth-order valence-corrected chi connectivity index (χ4v) is 5.46. The van der Waals surface area contributed by atoms with Gasteiger partial charge in [0.05, 0.1) is 4.75 Å². The van der Waals surface area contributed by atoms with E-state index in [0.29, 0.717) is 0 Å². The Morgan fingerprint density at radius 2 is 1.21 bits per heavy atom. The van der Waals surface area contributed by atoms with Gasteiger partial charge in [0.2, 0.25) is 0 Å². The SMILES string of the molecule is CN(C(=O)OC(C)(C)C)C(CSC(c1ccccc1)(c1ccccc1)c1ccccc1)C(=O)O. The van der Waals surface area contributed by atoms with Crippen LogP contribution in [0.4, 0.5) is 4.79 Å². The summed E-state index contributed by atoms with van der Waals surface area (Å²) in [6.45, 7) is 5.28. The van der Waals surface area contributed by atoms with E-state index in [9.17, 15) is 14.7 Å². The molecule has 3 aromatic rings. The largest absolute Gasteiger partial charge is 0.480 e. The summed E-state index contributed by atoms with van der Waals surface area (Å²) in [5.41, 5.74) is 2.37. The zero-order valence-electron chi connectivity index (χ0n) is 20.0. The predicted octanol–water partition coefficient (Wildman–Crippen LogP) is 6.03. The molecular formula is C28H31NO4S. The molecule has 3 aromatic carbocycles. The fourth-order valence-electron chi connectivity index (χ4n) is 3.78. The highest BCUT2D eigenvalue weighted by atomic mass is 32.2. The molecule has 1 N–H and O–H groups in total. The van der Waals surface area contributed by atoms with Crippen LogP contribution in [0.5, 0.6) is 0 Å². The zero-order chi connectivity index (χ0) is 24.8. The number of carbonyl (C=O) groups excluding carboxylic acids is 1. The first-order chi connectivity index (χ1) is 16.1. The van der Waals surface area contributed by atoms with Crippen molar-refractivity contribution in [3.8, 4) is 0 Å². The Bertz CT molecular complexity index is 985. The summed E-state index contributed by atoms with van der Waals surface area (Å²) in [6, 6.07) is 29.1. The van der Waals surface area contributed by atoms with Gasteiger partial charge in [-0.1, -0.05) is 91.0 Å². The Labute approximate surface area is 205 Å². The Kier molecular flexibility index (Phi) is 8.05. The molecule has 0 aliphatic carbocycles. The van der Waals surface area contributed by atoms with Gasteiger partial charge in [-0.25, -0.2) is 9.59 Å². The number of likely N-dealkylation sites (N-methyl/N-ethyl adjacent to an activating group) is 1. The molecule has 0 bridgehead atoms. The Hall–Kier alpha value is -3.25. The van der Waals surface area contributed by atoms with Crippen molar-refractivity contribution in [3.05, 3.63) is 108 Å². The van der Waals surface area contributed by atoms with Crippen LogP contribution in [-0.2, 0) is 14.3 Å². The van der Waals surface area contributed by atoms with Gasteiger partial charge in [0.25, 0.3) is 0 Å². The number of hydrogen-bond acceptors (Lipinski definition) is 4. The number of ether oxygens (including phenoxy) is 1. The van der Waals surface area contributed by atoms with E-state index in [-0.39, 0.29) is 5.75 Å². The minimum Gasteiger partial charge on any atom is -0.480 e. The molecule has 34 heavy (non-hydrogen) atoms. The molecule has 0 aliphatic heterocycles. The van der Waals surface area contributed by atoms with E-state index in [2.05, 4.69) is 36.4 Å². The highest BCUT2D eigenvalue weighted by Gasteiger charge is 2.40. The van der Waals surface area contributed by atoms with E-state index >= 15 is 0 Å². The molecule has 0 radical (unpaired) electrons. The molecule has 3 rings (SSSR count). The van der Waals surface area contributed by atoms with Gasteiger partial charge in [0.15, 0.2) is 0 Å². The highest BCUT2D eigenvalue weighted by molar-refractivity contribution is 8.00. The third-order valence-corrected chi connectivity index (χ3v) is 7.06. The number of hydrogen-bond donors (Lipinski definition) is 1. The average molecular weight is 478 g/mol. The molecule has 6 heteroatoms. The van der Waals surface area contributed by atoms with Gasteiger partial charge in [-0.15, -0.1) is 11.8 Å². The summed E-state index contributed by atoms with van der Waals surface area (Å²) in [6.07, 6.45) is -0.662. The molecule has 1 amide bonds. The highest BCUT2D eigenvalue weighted by Crippen LogP contribution is 2.48. The van der Waals surface area contributed by atoms with E-state index in [1.54, 1.807) is 20.8 Å². The Morgan fingerprint density at radius 3 is 1.53 bits per heavy atom. The molecular weight excluding hydrogens is 446 g/mol. The van der Waals surface area contributed by atoms with Crippen LogP contribution >= 0.6 is 11.8 Å². The van der Waals surface area contributed by atoms with Crippen molar-refractivity contribution in [1.29, 1.82) is 0 Å². The number of aliphatic carboxylic acids is 1. The van der Waals surface area contributed by atoms with Crippen molar-refractivity contribution in [3.63, 3.8) is 0 Å². The monoisotopic (exact) mass is 477 g/mol. The lowest BCUT2D eigenvalue weighted by molar-refractivity contribution is -0.141. The summed E-state index contributed by atoms with van der Waals surface area (Å²) >= 11 is 1.50. The molecule has 0 heterocycles. The number of amides is 1. The maximum atomic E-state index is 12.7. The first-order valence-corrected chi connectivity index (χ1v) is 12.1. The summed E-state index contributed by atoms with van der Waals surface area (Å²) in [7, 11) is 1.47. The van der Waals surface area contributed by atoms with E-state index in [0.717, 1.165) is 16.7 Å². The van der Waals surface area contributed by atoms with Gasteiger partial charge in [-0.3, -0.25) is 4.90 Å². The molecule has 0 fully saturated rings. The smallest absolute Gasteiger partial charge is 0.410 e. The van der Waals surface area contributed by atoms with Crippen LogP contribution in [0.25, 0.3) is 0 Å². The number of rotatable bonds is 8. The second kappa shape index (κ2) is 10.8. The Morgan fingerprint density at radius 1 is 0.824 bits per heavy atom. The zero-order valence-corrected chi connectivity index (χ0v) is 20.8. The molecule has 178 valence electrons. The predicted molar refractivity (Wildman–Crippen MR) is 137 cm³/mol. The number of nitrogens with zero attached hydrogens (tertiary/aromatic N) is 1. The lowest BCUT2D eigenvalue weighted by atomic mass is 9.84. The molecule has 1 unspecified atom stereocenters. The van der Waals surface area contributed by atoms with Crippen molar-refractivity contribution in [2.45, 2.75) is 37.2 Å². The minimum absolute atomic E-state index is 0.157. The first kappa shape index (κ1) is 25.4. The number of carboxylic acids is 1. The van der Waals surface area contributed by atoms with Crippen LogP contribution in [0, 0.1) is 0 Å². The van der Waals surface area contributed by atoms with Crippen LogP contribution in [0.2, 0.25) is 0 Å². The summed E-state index contributed by atoms with van der Waals surface area (Å²) in [4.78, 5) is 26.1. The van der Waals surface area contributed by atoms with Crippen LogP contribution in [0.1, 0.15) is 37.5 Å². The van der Waals surface area contributed by atoms with Gasteiger partial charge in [0.1, 0.15) is 11.6 Å². The van der Waals surface area contributed by atoms with Crippen LogP contribution in [-0.4, -0.2) is 46.5 Å². The lowest BCUT2D eigenvalue weighted by Gasteiger charge is -2.37. The molecule has 5 nitrogen and oxygen atoms in total. The average Bonchev–Trinajstić information content (AvgIpc) is 2.82. The van der Waals surface area contributed by atoms with E-state index in [1.807, 2.05) is 54.6 Å². The molecule has 0 aliphatic rings. The Balaban J connectivity index is 2.07. The van der Waals surface area contributed by atoms with Crippen LogP contribution in [0.15, 0.2) is 91.0 Å². The number of carbonyl (C=O) groups is 2. The van der Waals surface area contributed by atoms with Gasteiger partial charge in [0, 0.05) is 12.8 Å². The van der Waals surface area contributed by atoms with Crippen molar-refractivity contribution in [2.24, 2.45) is 0 Å². The van der Waals surface area contributed by atoms with Gasteiger partial charge in [-0.2, -0.15) is 0 Å². The number of carboxylic acid groups (broad SMARTS) is 1. The van der Waals surface area contributed by atoms with Crippen molar-refractivity contribution in [2.75, 3.05) is 12.8 Å². The van der Waals surface area contributed by atoms with Gasteiger partial charge < -0.3 is 9.84 Å². The molecule has 0 saturated heterocycles. The fraction of sp³-hybridized carbons (Fsp3) is 0.286. The number of benzene rings is 3. The normalized spacial score (nSPS) is 12.6. The van der Waals surface area contributed by atoms with Crippen molar-refractivity contribution < 1.29 is 19.4 Å². The maximum Gasteiger partial charge on any atom is 0.410 e. The molecule has 0 spiro atoms. The van der Waals surface area contributed by atoms with Crippen LogP contribution < -0.4 is 0 Å². The quantitative estimate of drug-likeness (QED) is 0.401. The summed E-state index contributed by atoms with van der Waals surface area (Å²) in [5, 5.41) is 10.0. The first-order valence-electron chi connectivity index (χ1n) is 11.1. The topological polar surface area (TPSA) is 66.8 Å². The standard InChI is InChI=1S/C28H31NO4S/c1-27(2,3)33-26(32)29(4)24(25(30)31)20-34-28(21-14-8-5-9-15-21,22-16-10-6-11-17-22)23-18-12-7-13-19-23/h5-19,24H,20H2,1-4H3,(H,30,31). The minimum atomic E-state index is -1.08. The third kappa shape index (κ3) is 5.81. The van der Waals surface area contributed by atoms with E-state index in [4.69, 9.17) is 4.74 Å². The lowest BCUT2D eigenvalue weighted by Crippen LogP contribution is -2.47. The number of thioether (sulfide) groups is 1. The van der Waals surface area contributed by atoms with Crippen molar-refractivity contribution in [1.82, 2.24) is 4.90 Å². The maximum absolute atomic E-state index is 12.7. The summed E-state index contributed by atoms with van der Waals surface area (Å²) in [5.74, 6) is -0.923. The van der Waals surface area contributed by atoms with E-state index in [1.165, 1.54) is 23.7 Å². The summed E-state index contributed by atoms with van der Waals surface area (Å²) < 4.78 is 4.76. The van der Waals surface area contributed by atoms with Crippen molar-refractivity contribution >= 4 is 23.8 Å². The molecule has 1 atom stereocenters. The van der Waals surface area contributed by atoms with Gasteiger partial charge in [-0.05, 0) is 37.5 Å². The third-order valence-electron chi connectivity index (χ3n) is 5.43. The van der Waals surface area contributed by atoms with E-state index < -0.39 is 28.5 Å². The second-order valence-corrected chi connectivity index (χ2v) is 10.3. The second-order valence-electron chi connectivity index (χ2n) is 9.04. The van der Waals surface area contributed by atoms with Crippen LogP contribution in [0.3, 0.4) is 0 Å². The molecule has 0 aromatic heterocycles. The molecule has 0 saturated carbocycles.